The van der Waals surface area contributed by atoms with Crippen molar-refractivity contribution in [1.82, 2.24) is 4.98 Å². The number of hydrogen-bond donors (Lipinski definition) is 1. The average molecular weight is 367 g/mol. The molecular weight excluding hydrogens is 362 g/mol. The first-order chi connectivity index (χ1) is 9.07. The molecule has 1 unspecified atom stereocenters. The lowest BCUT2D eigenvalue weighted by Gasteiger charge is -2.15. The fourth-order valence-corrected chi connectivity index (χ4v) is 3.25. The lowest BCUT2D eigenvalue weighted by atomic mass is 10.2. The number of nitrogens with one attached hydrogen (secondary N) is 1. The Bertz CT molecular complexity index is 734. The summed E-state index contributed by atoms with van der Waals surface area (Å²) in [4.78, 5) is 2.23. The molecule has 2 aromatic rings. The van der Waals surface area contributed by atoms with E-state index in [2.05, 4.69) is 16.6 Å². The van der Waals surface area contributed by atoms with Gasteiger partial charge < -0.3 is 4.98 Å². The third-order valence-electron chi connectivity index (χ3n) is 2.54. The third-order valence-corrected chi connectivity index (χ3v) is 5.39. The van der Waals surface area contributed by atoms with Crippen LogP contribution in [0.3, 0.4) is 0 Å². The number of aromatic amines is 1. The number of halogens is 6. The van der Waals surface area contributed by atoms with Crippen LogP contribution in [0.4, 0.5) is 13.2 Å². The van der Waals surface area contributed by atoms with Gasteiger partial charge in [-0.1, -0.05) is 34.8 Å². The molecule has 0 aliphatic carbocycles. The van der Waals surface area contributed by atoms with Crippen molar-refractivity contribution in [3.63, 3.8) is 0 Å². The standard InChI is InChI=1S/C10H5Cl3F3NO2S/c11-5-1-4-2-8(17-7(4)3-6(5)12)20(18,19)10(15,16)9(13)14/h1-3,9,17H. The minimum absolute atomic E-state index is 0.109. The quantitative estimate of drug-likeness (QED) is 0.820. The first-order valence-corrected chi connectivity index (χ1v) is 7.63. The topological polar surface area (TPSA) is 49.9 Å². The maximum absolute atomic E-state index is 13.3. The van der Waals surface area contributed by atoms with E-state index >= 15 is 0 Å². The predicted molar refractivity (Wildman–Crippen MR) is 71.2 cm³/mol. The molecule has 0 radical (unpaired) electrons. The molecule has 10 heteroatoms. The molecule has 110 valence electrons. The molecule has 2 rings (SSSR count). The Hall–Kier alpha value is -0.630. The Balaban J connectivity index is 2.65. The maximum atomic E-state index is 13.3. The molecule has 20 heavy (non-hydrogen) atoms. The van der Waals surface area contributed by atoms with Gasteiger partial charge in [0.05, 0.1) is 10.0 Å². The van der Waals surface area contributed by atoms with E-state index in [0.717, 1.165) is 6.07 Å². The van der Waals surface area contributed by atoms with Gasteiger partial charge in [0, 0.05) is 10.9 Å². The number of sulfone groups is 1. The minimum Gasteiger partial charge on any atom is -0.345 e. The number of benzene rings is 1. The van der Waals surface area contributed by atoms with Crippen LogP contribution in [-0.2, 0) is 9.84 Å². The van der Waals surface area contributed by atoms with E-state index in [1.807, 2.05) is 0 Å². The summed E-state index contributed by atoms with van der Waals surface area (Å²) in [5.41, 5.74) is -3.20. The molecule has 0 aliphatic rings. The van der Waals surface area contributed by atoms with E-state index in [1.54, 1.807) is 0 Å². The van der Waals surface area contributed by atoms with E-state index in [1.165, 1.54) is 12.1 Å². The van der Waals surface area contributed by atoms with Crippen LogP contribution in [0, 0.1) is 0 Å². The summed E-state index contributed by atoms with van der Waals surface area (Å²) in [6.07, 6.45) is 0. The van der Waals surface area contributed by atoms with Gasteiger partial charge in [0.15, 0.2) is 0 Å². The molecular formula is C10H5Cl3F3NO2S. The van der Waals surface area contributed by atoms with Gasteiger partial charge in [-0.15, -0.1) is 0 Å². The highest BCUT2D eigenvalue weighted by Gasteiger charge is 2.54. The summed E-state index contributed by atoms with van der Waals surface area (Å²) in [6.45, 7) is 0. The van der Waals surface area contributed by atoms with Crippen molar-refractivity contribution < 1.29 is 21.6 Å². The number of fused-ring (bicyclic) bond motifs is 1. The monoisotopic (exact) mass is 365 g/mol. The molecule has 0 saturated heterocycles. The Morgan fingerprint density at radius 3 is 2.25 bits per heavy atom. The number of alkyl halides is 4. The van der Waals surface area contributed by atoms with E-state index < -0.39 is 25.7 Å². The van der Waals surface area contributed by atoms with Crippen LogP contribution in [0.2, 0.25) is 10.0 Å². The van der Waals surface area contributed by atoms with Crippen molar-refractivity contribution >= 4 is 55.5 Å². The van der Waals surface area contributed by atoms with Gasteiger partial charge in [-0.2, -0.15) is 8.78 Å². The van der Waals surface area contributed by atoms with Crippen LogP contribution in [-0.4, -0.2) is 24.3 Å². The van der Waals surface area contributed by atoms with Gasteiger partial charge in [0.1, 0.15) is 5.03 Å². The van der Waals surface area contributed by atoms with Crippen LogP contribution < -0.4 is 0 Å². The molecule has 0 fully saturated rings. The van der Waals surface area contributed by atoms with Crippen LogP contribution in [0.25, 0.3) is 10.9 Å². The predicted octanol–water partition coefficient (Wildman–Crippen LogP) is 4.38. The highest BCUT2D eigenvalue weighted by molar-refractivity contribution is 7.92. The Morgan fingerprint density at radius 2 is 1.70 bits per heavy atom. The van der Waals surface area contributed by atoms with Crippen LogP contribution in [0.1, 0.15) is 0 Å². The summed E-state index contributed by atoms with van der Waals surface area (Å²) in [5, 5.41) is -5.17. The van der Waals surface area contributed by atoms with E-state index in [-0.39, 0.29) is 20.9 Å². The Labute approximate surface area is 126 Å². The Morgan fingerprint density at radius 1 is 1.15 bits per heavy atom. The molecule has 0 aliphatic heterocycles. The van der Waals surface area contributed by atoms with E-state index in [9.17, 15) is 21.6 Å². The zero-order chi connectivity index (χ0) is 15.3. The van der Waals surface area contributed by atoms with Gasteiger partial charge in [-0.05, 0) is 18.2 Å². The van der Waals surface area contributed by atoms with Crippen molar-refractivity contribution in [2.45, 2.75) is 15.9 Å². The van der Waals surface area contributed by atoms with Gasteiger partial charge in [-0.3, -0.25) is 0 Å². The summed E-state index contributed by atoms with van der Waals surface area (Å²) in [6, 6.07) is 3.46. The average Bonchev–Trinajstić information content (AvgIpc) is 2.72. The smallest absolute Gasteiger partial charge is 0.345 e. The number of H-pyrrole nitrogens is 1. The van der Waals surface area contributed by atoms with Gasteiger partial charge >= 0.3 is 5.25 Å². The first-order valence-electron chi connectivity index (χ1n) is 4.95. The second-order valence-corrected chi connectivity index (χ2v) is 7.04. The maximum Gasteiger partial charge on any atom is 0.395 e. The van der Waals surface area contributed by atoms with Crippen LogP contribution in [0.5, 0.6) is 0 Å². The van der Waals surface area contributed by atoms with Gasteiger partial charge in [-0.25, -0.2) is 12.8 Å². The summed E-state index contributed by atoms with van der Waals surface area (Å²) in [5.74, 6) is 0. The lowest BCUT2D eigenvalue weighted by molar-refractivity contribution is 0.0421. The second kappa shape index (κ2) is 4.98. The normalized spacial score (nSPS) is 14.7. The van der Waals surface area contributed by atoms with Crippen molar-refractivity contribution in [3.05, 3.63) is 28.2 Å². The molecule has 0 amide bonds. The van der Waals surface area contributed by atoms with Crippen molar-refractivity contribution in [2.75, 3.05) is 0 Å². The largest absolute Gasteiger partial charge is 0.395 e. The fraction of sp³-hybridized carbons (Fsp3) is 0.200. The van der Waals surface area contributed by atoms with E-state index in [4.69, 9.17) is 23.2 Å². The molecule has 1 N–H and O–H groups in total. The minimum atomic E-state index is -5.31. The zero-order valence-electron chi connectivity index (χ0n) is 9.30. The number of rotatable bonds is 3. The van der Waals surface area contributed by atoms with Crippen LogP contribution in [0.15, 0.2) is 23.2 Å². The van der Waals surface area contributed by atoms with E-state index in [0.29, 0.717) is 0 Å². The second-order valence-electron chi connectivity index (χ2n) is 3.85. The molecule has 1 aromatic heterocycles. The zero-order valence-corrected chi connectivity index (χ0v) is 12.4. The van der Waals surface area contributed by atoms with Crippen LogP contribution >= 0.6 is 34.8 Å². The van der Waals surface area contributed by atoms with Gasteiger partial charge in [0.2, 0.25) is 0 Å². The molecule has 1 heterocycles. The molecule has 3 nitrogen and oxygen atoms in total. The number of hydrogen-bond acceptors (Lipinski definition) is 2. The van der Waals surface area contributed by atoms with Crippen molar-refractivity contribution in [2.24, 2.45) is 0 Å². The molecule has 1 aromatic carbocycles. The fourth-order valence-electron chi connectivity index (χ4n) is 1.51. The number of aromatic nitrogens is 1. The highest BCUT2D eigenvalue weighted by atomic mass is 35.5. The van der Waals surface area contributed by atoms with Crippen molar-refractivity contribution in [3.8, 4) is 0 Å². The third kappa shape index (κ3) is 2.36. The summed E-state index contributed by atoms with van der Waals surface area (Å²) >= 11 is 16.0. The van der Waals surface area contributed by atoms with Crippen molar-refractivity contribution in [1.29, 1.82) is 0 Å². The summed E-state index contributed by atoms with van der Waals surface area (Å²) in [7, 11) is -5.31. The Kier molecular flexibility index (Phi) is 3.92. The SMILES string of the molecule is O=S(=O)(c1cc2cc(Cl)c(Cl)cc2[nH]1)C(F)(F)C(F)Cl. The molecule has 0 spiro atoms. The summed E-state index contributed by atoms with van der Waals surface area (Å²) < 4.78 is 62.6. The lowest BCUT2D eigenvalue weighted by Crippen LogP contribution is -2.36. The molecule has 0 bridgehead atoms. The molecule has 1 atom stereocenters. The van der Waals surface area contributed by atoms with Gasteiger partial charge in [0.25, 0.3) is 15.5 Å². The molecule has 0 saturated carbocycles. The highest BCUT2D eigenvalue weighted by Crippen LogP contribution is 2.37. The first kappa shape index (κ1) is 15.8.